The zero-order valence-electron chi connectivity index (χ0n) is 13.3. The summed E-state index contributed by atoms with van der Waals surface area (Å²) >= 11 is 6.35. The van der Waals surface area contributed by atoms with Gasteiger partial charge >= 0.3 is 0 Å². The van der Waals surface area contributed by atoms with Crippen molar-refractivity contribution < 1.29 is 0 Å². The summed E-state index contributed by atoms with van der Waals surface area (Å²) in [6, 6.07) is 0.336. The van der Waals surface area contributed by atoms with E-state index < -0.39 is 0 Å². The molecule has 0 aromatic carbocycles. The molecule has 0 spiro atoms. The van der Waals surface area contributed by atoms with Crippen molar-refractivity contribution in [3.8, 4) is 0 Å². The second-order valence-corrected chi connectivity index (χ2v) is 5.82. The molecule has 0 fully saturated rings. The van der Waals surface area contributed by atoms with Gasteiger partial charge in [-0.25, -0.2) is 0 Å². The highest BCUT2D eigenvalue weighted by atomic mass is 35.5. The predicted molar refractivity (Wildman–Crippen MR) is 87.3 cm³/mol. The Hall–Kier alpha value is -0.540. The van der Waals surface area contributed by atoms with Crippen molar-refractivity contribution in [3.05, 3.63) is 16.9 Å². The number of aromatic nitrogens is 2. The number of nitrogens with zero attached hydrogens (tertiary/aromatic N) is 2. The number of unbranched alkanes of at least 4 members (excludes halogenated alkanes) is 4. The zero-order valence-corrected chi connectivity index (χ0v) is 14.0. The summed E-state index contributed by atoms with van der Waals surface area (Å²) < 4.78 is 2.07. The maximum Gasteiger partial charge on any atom is 0.0834 e. The minimum Gasteiger partial charge on any atom is -0.309 e. The number of aryl methyl sites for hydroxylation is 1. The Labute approximate surface area is 129 Å². The van der Waals surface area contributed by atoms with Gasteiger partial charge in [-0.2, -0.15) is 5.10 Å². The van der Waals surface area contributed by atoms with Crippen LogP contribution in [0.3, 0.4) is 0 Å². The van der Waals surface area contributed by atoms with Crippen LogP contribution in [-0.2, 0) is 6.54 Å². The van der Waals surface area contributed by atoms with Crippen molar-refractivity contribution in [2.45, 2.75) is 78.3 Å². The van der Waals surface area contributed by atoms with Crippen LogP contribution >= 0.6 is 11.6 Å². The average molecular weight is 300 g/mol. The number of hydrogen-bond acceptors (Lipinski definition) is 2. The first-order valence-electron chi connectivity index (χ1n) is 8.19. The number of rotatable bonds is 11. The Morgan fingerprint density at radius 2 is 1.90 bits per heavy atom. The third-order valence-electron chi connectivity index (χ3n) is 3.65. The highest BCUT2D eigenvalue weighted by Gasteiger charge is 2.18. The Kier molecular flexibility index (Phi) is 8.95. The topological polar surface area (TPSA) is 29.9 Å². The molecule has 3 nitrogen and oxygen atoms in total. The lowest BCUT2D eigenvalue weighted by Crippen LogP contribution is -2.24. The van der Waals surface area contributed by atoms with E-state index in [1.165, 1.54) is 37.8 Å². The average Bonchev–Trinajstić information content (AvgIpc) is 2.79. The van der Waals surface area contributed by atoms with E-state index in [4.69, 9.17) is 11.6 Å². The molecule has 0 saturated heterocycles. The molecule has 1 heterocycles. The van der Waals surface area contributed by atoms with Gasteiger partial charge in [-0.05, 0) is 19.4 Å². The molecule has 0 amide bonds. The van der Waals surface area contributed by atoms with E-state index >= 15 is 0 Å². The summed E-state index contributed by atoms with van der Waals surface area (Å²) in [4.78, 5) is 0. The fourth-order valence-electron chi connectivity index (χ4n) is 2.64. The van der Waals surface area contributed by atoms with Gasteiger partial charge in [-0.15, -0.1) is 0 Å². The maximum atomic E-state index is 6.35. The lowest BCUT2D eigenvalue weighted by atomic mass is 10.0. The van der Waals surface area contributed by atoms with Crippen molar-refractivity contribution in [2.75, 3.05) is 6.54 Å². The van der Waals surface area contributed by atoms with Crippen LogP contribution in [0.15, 0.2) is 6.20 Å². The van der Waals surface area contributed by atoms with Crippen LogP contribution in [0.5, 0.6) is 0 Å². The normalized spacial score (nSPS) is 12.8. The fourth-order valence-corrected chi connectivity index (χ4v) is 2.92. The molecule has 1 aromatic heterocycles. The number of hydrogen-bond donors (Lipinski definition) is 1. The third-order valence-corrected chi connectivity index (χ3v) is 3.94. The molecule has 0 aliphatic carbocycles. The molecule has 4 heteroatoms. The smallest absolute Gasteiger partial charge is 0.0834 e. The SMILES string of the molecule is CCCCCCCC(NCC)c1c(Cl)cnn1CCC. The molecule has 0 aliphatic rings. The van der Waals surface area contributed by atoms with Gasteiger partial charge in [0.05, 0.1) is 23.0 Å². The van der Waals surface area contributed by atoms with Crippen LogP contribution < -0.4 is 5.32 Å². The molecule has 20 heavy (non-hydrogen) atoms. The first-order valence-corrected chi connectivity index (χ1v) is 8.56. The molecule has 1 unspecified atom stereocenters. The van der Waals surface area contributed by atoms with E-state index in [0.717, 1.165) is 31.0 Å². The van der Waals surface area contributed by atoms with Gasteiger partial charge in [0.2, 0.25) is 0 Å². The van der Waals surface area contributed by atoms with Crippen molar-refractivity contribution in [1.29, 1.82) is 0 Å². The third kappa shape index (κ3) is 5.45. The molecule has 1 rings (SSSR count). The van der Waals surface area contributed by atoms with E-state index in [2.05, 4.69) is 35.9 Å². The summed E-state index contributed by atoms with van der Waals surface area (Å²) in [6.07, 6.45) is 10.6. The van der Waals surface area contributed by atoms with E-state index in [9.17, 15) is 0 Å². The fraction of sp³-hybridized carbons (Fsp3) is 0.812. The molecule has 1 aromatic rings. The van der Waals surface area contributed by atoms with Gasteiger partial charge in [0.25, 0.3) is 0 Å². The monoisotopic (exact) mass is 299 g/mol. The summed E-state index contributed by atoms with van der Waals surface area (Å²) in [5.41, 5.74) is 1.17. The van der Waals surface area contributed by atoms with E-state index in [0.29, 0.717) is 6.04 Å². The van der Waals surface area contributed by atoms with Gasteiger partial charge in [0.15, 0.2) is 0 Å². The van der Waals surface area contributed by atoms with Crippen LogP contribution in [0.25, 0.3) is 0 Å². The summed E-state index contributed by atoms with van der Waals surface area (Å²) in [5, 5.41) is 8.78. The molecular formula is C16H30ClN3. The van der Waals surface area contributed by atoms with Gasteiger partial charge in [-0.1, -0.05) is 64.5 Å². The van der Waals surface area contributed by atoms with Gasteiger partial charge < -0.3 is 5.32 Å². The van der Waals surface area contributed by atoms with Crippen molar-refractivity contribution in [1.82, 2.24) is 15.1 Å². The van der Waals surface area contributed by atoms with Crippen molar-refractivity contribution >= 4 is 11.6 Å². The molecule has 0 aliphatic heterocycles. The summed E-state index contributed by atoms with van der Waals surface area (Å²) in [6.45, 7) is 8.49. The minimum absolute atomic E-state index is 0.336. The van der Waals surface area contributed by atoms with Gasteiger partial charge in [0, 0.05) is 6.54 Å². The summed E-state index contributed by atoms with van der Waals surface area (Å²) in [7, 11) is 0. The molecule has 116 valence electrons. The first-order chi connectivity index (χ1) is 9.74. The highest BCUT2D eigenvalue weighted by Crippen LogP contribution is 2.27. The van der Waals surface area contributed by atoms with Crippen molar-refractivity contribution in [2.24, 2.45) is 0 Å². The Bertz CT molecular complexity index is 363. The minimum atomic E-state index is 0.336. The molecule has 0 bridgehead atoms. The van der Waals surface area contributed by atoms with Crippen LogP contribution in [0.1, 0.15) is 77.5 Å². The van der Waals surface area contributed by atoms with Crippen LogP contribution in [-0.4, -0.2) is 16.3 Å². The number of nitrogens with one attached hydrogen (secondary N) is 1. The van der Waals surface area contributed by atoms with Crippen LogP contribution in [0, 0.1) is 0 Å². The highest BCUT2D eigenvalue weighted by molar-refractivity contribution is 6.31. The largest absolute Gasteiger partial charge is 0.309 e. The molecule has 1 atom stereocenters. The molecule has 1 N–H and O–H groups in total. The van der Waals surface area contributed by atoms with Crippen LogP contribution in [0.4, 0.5) is 0 Å². The van der Waals surface area contributed by atoms with Gasteiger partial charge in [-0.3, -0.25) is 4.68 Å². The number of halogens is 1. The van der Waals surface area contributed by atoms with E-state index in [1.54, 1.807) is 6.20 Å². The summed E-state index contributed by atoms with van der Waals surface area (Å²) in [5.74, 6) is 0. The predicted octanol–water partition coefficient (Wildman–Crippen LogP) is 4.96. The second-order valence-electron chi connectivity index (χ2n) is 5.41. The standard InChI is InChI=1S/C16H30ClN3/c1-4-7-8-9-10-11-15(18-6-3)16-14(17)13-19-20(16)12-5-2/h13,15,18H,4-12H2,1-3H3. The quantitative estimate of drug-likeness (QED) is 0.585. The lowest BCUT2D eigenvalue weighted by molar-refractivity contribution is 0.438. The molecule has 0 saturated carbocycles. The van der Waals surface area contributed by atoms with Crippen molar-refractivity contribution in [3.63, 3.8) is 0 Å². The zero-order chi connectivity index (χ0) is 14.8. The van der Waals surface area contributed by atoms with Gasteiger partial charge in [0.1, 0.15) is 0 Å². The Morgan fingerprint density at radius 3 is 2.55 bits per heavy atom. The van der Waals surface area contributed by atoms with E-state index in [1.807, 2.05) is 0 Å². The lowest BCUT2D eigenvalue weighted by Gasteiger charge is -2.20. The van der Waals surface area contributed by atoms with Crippen LogP contribution in [0.2, 0.25) is 5.02 Å². The first kappa shape index (κ1) is 17.5. The second kappa shape index (κ2) is 10.2. The Balaban J connectivity index is 2.62. The molecular weight excluding hydrogens is 270 g/mol. The van der Waals surface area contributed by atoms with E-state index in [-0.39, 0.29) is 0 Å². The Morgan fingerprint density at radius 1 is 1.15 bits per heavy atom. The maximum absolute atomic E-state index is 6.35. The molecule has 0 radical (unpaired) electrons.